The summed E-state index contributed by atoms with van der Waals surface area (Å²) in [6.45, 7) is 1.88. The molecule has 6 heteroatoms. The number of thiophene rings is 1. The van der Waals surface area contributed by atoms with Crippen LogP contribution in [-0.4, -0.2) is 32.4 Å². The van der Waals surface area contributed by atoms with Crippen molar-refractivity contribution in [2.24, 2.45) is 5.73 Å². The van der Waals surface area contributed by atoms with Crippen molar-refractivity contribution in [3.8, 4) is 10.7 Å². The monoisotopic (exact) mass is 238 g/mol. The van der Waals surface area contributed by atoms with Crippen molar-refractivity contribution in [1.29, 1.82) is 0 Å². The molecule has 0 saturated carbocycles. The minimum Gasteiger partial charge on any atom is -0.388 e. The lowest BCUT2D eigenvalue weighted by atomic mass is 10.0. The molecule has 16 heavy (non-hydrogen) atoms. The first-order chi connectivity index (χ1) is 7.61. The third kappa shape index (κ3) is 2.46. The lowest BCUT2D eigenvalue weighted by Crippen LogP contribution is -2.36. The van der Waals surface area contributed by atoms with Gasteiger partial charge in [0.2, 0.25) is 0 Å². The SMILES string of the molecule is CC(O)(CN)Cc1nc(-c2cccs2)n[nH]1. The van der Waals surface area contributed by atoms with E-state index in [2.05, 4.69) is 15.2 Å². The first-order valence-corrected chi connectivity index (χ1v) is 5.86. The number of aliphatic hydroxyl groups is 1. The molecular formula is C10H14N4OS. The molecule has 2 aromatic heterocycles. The van der Waals surface area contributed by atoms with Crippen LogP contribution in [0.25, 0.3) is 10.7 Å². The predicted octanol–water partition coefficient (Wildman–Crippen LogP) is 0.785. The Labute approximate surface area is 97.3 Å². The summed E-state index contributed by atoms with van der Waals surface area (Å²) in [6.07, 6.45) is 0.377. The Balaban J connectivity index is 2.14. The first-order valence-electron chi connectivity index (χ1n) is 4.98. The number of rotatable bonds is 4. The number of H-pyrrole nitrogens is 1. The summed E-state index contributed by atoms with van der Waals surface area (Å²) in [6, 6.07) is 3.91. The molecule has 2 rings (SSSR count). The molecule has 0 fully saturated rings. The Morgan fingerprint density at radius 3 is 3.06 bits per heavy atom. The number of nitrogens with one attached hydrogen (secondary N) is 1. The highest BCUT2D eigenvalue weighted by molar-refractivity contribution is 7.13. The number of nitrogens with two attached hydrogens (primary N) is 1. The van der Waals surface area contributed by atoms with Gasteiger partial charge in [-0.05, 0) is 18.4 Å². The Morgan fingerprint density at radius 2 is 2.44 bits per heavy atom. The van der Waals surface area contributed by atoms with Crippen LogP contribution in [0, 0.1) is 0 Å². The summed E-state index contributed by atoms with van der Waals surface area (Å²) < 4.78 is 0. The van der Waals surface area contributed by atoms with Crippen LogP contribution in [0.1, 0.15) is 12.7 Å². The van der Waals surface area contributed by atoms with Gasteiger partial charge in [0.25, 0.3) is 0 Å². The van der Waals surface area contributed by atoms with Crippen molar-refractivity contribution < 1.29 is 5.11 Å². The Kier molecular flexibility index (Phi) is 3.04. The minimum atomic E-state index is -0.938. The summed E-state index contributed by atoms with van der Waals surface area (Å²) in [4.78, 5) is 5.32. The molecule has 4 N–H and O–H groups in total. The van der Waals surface area contributed by atoms with E-state index in [9.17, 15) is 5.11 Å². The molecule has 0 aliphatic heterocycles. The van der Waals surface area contributed by atoms with Crippen LogP contribution in [0.3, 0.4) is 0 Å². The van der Waals surface area contributed by atoms with Crippen molar-refractivity contribution >= 4 is 11.3 Å². The van der Waals surface area contributed by atoms with Gasteiger partial charge >= 0.3 is 0 Å². The summed E-state index contributed by atoms with van der Waals surface area (Å²) in [5, 5.41) is 18.7. The third-order valence-corrected chi connectivity index (χ3v) is 3.13. The van der Waals surface area contributed by atoms with Gasteiger partial charge in [-0.15, -0.1) is 11.3 Å². The predicted molar refractivity (Wildman–Crippen MR) is 63.1 cm³/mol. The highest BCUT2D eigenvalue weighted by Crippen LogP contribution is 2.21. The molecule has 86 valence electrons. The van der Waals surface area contributed by atoms with E-state index >= 15 is 0 Å². The van der Waals surface area contributed by atoms with Gasteiger partial charge in [-0.2, -0.15) is 5.10 Å². The smallest absolute Gasteiger partial charge is 0.191 e. The molecule has 0 saturated heterocycles. The molecule has 0 aliphatic rings. The highest BCUT2D eigenvalue weighted by Gasteiger charge is 2.21. The zero-order valence-corrected chi connectivity index (χ0v) is 9.79. The first kappa shape index (κ1) is 11.3. The van der Waals surface area contributed by atoms with E-state index in [1.165, 1.54) is 0 Å². The second-order valence-electron chi connectivity index (χ2n) is 3.96. The standard InChI is InChI=1S/C10H14N4OS/c1-10(15,6-11)5-8-12-9(14-13-8)7-3-2-4-16-7/h2-4,15H,5-6,11H2,1H3,(H,12,13,14). The molecule has 2 aromatic rings. The molecule has 0 aromatic carbocycles. The van der Waals surface area contributed by atoms with Gasteiger partial charge in [-0.25, -0.2) is 4.98 Å². The second-order valence-corrected chi connectivity index (χ2v) is 4.91. The molecule has 0 spiro atoms. The summed E-state index contributed by atoms with van der Waals surface area (Å²) in [5.41, 5.74) is 4.51. The molecule has 1 atom stereocenters. The highest BCUT2D eigenvalue weighted by atomic mass is 32.1. The molecule has 0 bridgehead atoms. The quantitative estimate of drug-likeness (QED) is 0.734. The molecular weight excluding hydrogens is 224 g/mol. The van der Waals surface area contributed by atoms with E-state index in [4.69, 9.17) is 5.73 Å². The van der Waals surface area contributed by atoms with Crippen LogP contribution >= 0.6 is 11.3 Å². The van der Waals surface area contributed by atoms with Crippen molar-refractivity contribution in [3.63, 3.8) is 0 Å². The largest absolute Gasteiger partial charge is 0.388 e. The number of hydrogen-bond acceptors (Lipinski definition) is 5. The average molecular weight is 238 g/mol. The van der Waals surface area contributed by atoms with Gasteiger partial charge in [0.05, 0.1) is 10.5 Å². The van der Waals surface area contributed by atoms with Crippen molar-refractivity contribution in [3.05, 3.63) is 23.3 Å². The van der Waals surface area contributed by atoms with E-state index in [1.807, 2.05) is 17.5 Å². The van der Waals surface area contributed by atoms with Gasteiger partial charge in [-0.1, -0.05) is 6.07 Å². The third-order valence-electron chi connectivity index (χ3n) is 2.26. The van der Waals surface area contributed by atoms with E-state index < -0.39 is 5.60 Å². The maximum absolute atomic E-state index is 9.81. The van der Waals surface area contributed by atoms with Crippen LogP contribution in [0.5, 0.6) is 0 Å². The Morgan fingerprint density at radius 1 is 1.62 bits per heavy atom. The fourth-order valence-electron chi connectivity index (χ4n) is 1.32. The fourth-order valence-corrected chi connectivity index (χ4v) is 1.98. The van der Waals surface area contributed by atoms with Crippen molar-refractivity contribution in [2.75, 3.05) is 6.54 Å². The topological polar surface area (TPSA) is 87.8 Å². The number of nitrogens with zero attached hydrogens (tertiary/aromatic N) is 2. The van der Waals surface area contributed by atoms with E-state index in [-0.39, 0.29) is 6.54 Å². The van der Waals surface area contributed by atoms with Gasteiger partial charge in [-0.3, -0.25) is 5.10 Å². The maximum atomic E-state index is 9.81. The van der Waals surface area contributed by atoms with Crippen LogP contribution in [0.2, 0.25) is 0 Å². The van der Waals surface area contributed by atoms with E-state index in [0.29, 0.717) is 18.1 Å². The average Bonchev–Trinajstić information content (AvgIpc) is 2.86. The van der Waals surface area contributed by atoms with E-state index in [1.54, 1.807) is 18.3 Å². The number of aromatic amines is 1. The minimum absolute atomic E-state index is 0.196. The lowest BCUT2D eigenvalue weighted by Gasteiger charge is -2.18. The molecule has 0 amide bonds. The molecule has 2 heterocycles. The van der Waals surface area contributed by atoms with E-state index in [0.717, 1.165) is 4.88 Å². The normalized spacial score (nSPS) is 14.9. The fraction of sp³-hybridized carbons (Fsp3) is 0.400. The number of aromatic nitrogens is 3. The zero-order valence-electron chi connectivity index (χ0n) is 8.97. The van der Waals surface area contributed by atoms with Gasteiger partial charge in [0, 0.05) is 13.0 Å². The van der Waals surface area contributed by atoms with Crippen LogP contribution in [0.4, 0.5) is 0 Å². The Hall–Kier alpha value is -1.24. The maximum Gasteiger partial charge on any atom is 0.191 e. The van der Waals surface area contributed by atoms with Crippen LogP contribution in [-0.2, 0) is 6.42 Å². The summed E-state index contributed by atoms with van der Waals surface area (Å²) >= 11 is 1.58. The van der Waals surface area contributed by atoms with Crippen LogP contribution in [0.15, 0.2) is 17.5 Å². The number of hydrogen-bond donors (Lipinski definition) is 3. The molecule has 1 unspecified atom stereocenters. The van der Waals surface area contributed by atoms with Gasteiger partial charge in [0.15, 0.2) is 5.82 Å². The van der Waals surface area contributed by atoms with Gasteiger partial charge in [0.1, 0.15) is 5.82 Å². The van der Waals surface area contributed by atoms with Crippen molar-refractivity contribution in [1.82, 2.24) is 15.2 Å². The summed E-state index contributed by atoms with van der Waals surface area (Å²) in [7, 11) is 0. The Bertz CT molecular complexity index is 449. The van der Waals surface area contributed by atoms with Gasteiger partial charge < -0.3 is 10.8 Å². The lowest BCUT2D eigenvalue weighted by molar-refractivity contribution is 0.0676. The molecule has 5 nitrogen and oxygen atoms in total. The second kappa shape index (κ2) is 4.32. The van der Waals surface area contributed by atoms with Crippen molar-refractivity contribution in [2.45, 2.75) is 18.9 Å². The summed E-state index contributed by atoms with van der Waals surface area (Å²) in [5.74, 6) is 1.32. The van der Waals surface area contributed by atoms with Crippen LogP contribution < -0.4 is 5.73 Å². The molecule has 0 radical (unpaired) electrons. The molecule has 0 aliphatic carbocycles. The zero-order chi connectivity index (χ0) is 11.6.